The third kappa shape index (κ3) is 3.73. The van der Waals surface area contributed by atoms with Crippen molar-refractivity contribution in [3.8, 4) is 11.8 Å². The number of hydrogen-bond acceptors (Lipinski definition) is 3. The van der Waals surface area contributed by atoms with E-state index in [1.165, 1.54) is 19.4 Å². The van der Waals surface area contributed by atoms with Gasteiger partial charge in [0, 0.05) is 29.1 Å². The van der Waals surface area contributed by atoms with Gasteiger partial charge >= 0.3 is 0 Å². The fourth-order valence-corrected chi connectivity index (χ4v) is 3.87. The Morgan fingerprint density at radius 1 is 1.42 bits per heavy atom. The molecular formula is C20H27N3O. The zero-order chi connectivity index (χ0) is 16.9. The minimum atomic E-state index is -0.379. The zero-order valence-electron chi connectivity index (χ0n) is 14.7. The largest absolute Gasteiger partial charge is 0.475 e. The standard InChI is InChI=1S/C20H27N3O/c1-3-5-16(12-17-6-4-11-23(17)2)20(14-21)24-18-7-8-19-15(13-18)9-10-22-19/h7-10,13,16-17,20,22H,3-6,11-12H2,1-2H3. The number of H-pyrrole nitrogens is 1. The van der Waals surface area contributed by atoms with Crippen molar-refractivity contribution in [1.82, 2.24) is 9.88 Å². The molecule has 2 heterocycles. The number of aromatic nitrogens is 1. The van der Waals surface area contributed by atoms with Gasteiger partial charge in [-0.2, -0.15) is 5.26 Å². The van der Waals surface area contributed by atoms with Crippen molar-refractivity contribution in [2.45, 2.75) is 51.2 Å². The van der Waals surface area contributed by atoms with Gasteiger partial charge in [0.15, 0.2) is 6.10 Å². The fraction of sp³-hybridized carbons (Fsp3) is 0.550. The van der Waals surface area contributed by atoms with E-state index in [0.717, 1.165) is 35.9 Å². The van der Waals surface area contributed by atoms with Crippen LogP contribution in [0.1, 0.15) is 39.0 Å². The van der Waals surface area contributed by atoms with Gasteiger partial charge in [0.1, 0.15) is 11.8 Å². The SMILES string of the molecule is CCCC(CC1CCCN1C)C(C#N)Oc1ccc2[nH]ccc2c1. The van der Waals surface area contributed by atoms with Gasteiger partial charge in [-0.05, 0) is 63.5 Å². The molecule has 0 spiro atoms. The van der Waals surface area contributed by atoms with Gasteiger partial charge < -0.3 is 14.6 Å². The summed E-state index contributed by atoms with van der Waals surface area (Å²) in [5.74, 6) is 1.07. The Kier molecular flexibility index (Phi) is 5.42. The van der Waals surface area contributed by atoms with Crippen LogP contribution in [0, 0.1) is 17.2 Å². The predicted molar refractivity (Wildman–Crippen MR) is 97.0 cm³/mol. The molecular weight excluding hydrogens is 298 g/mol. The van der Waals surface area contributed by atoms with Gasteiger partial charge in [-0.15, -0.1) is 0 Å². The molecule has 0 amide bonds. The summed E-state index contributed by atoms with van der Waals surface area (Å²) in [5, 5.41) is 10.8. The lowest BCUT2D eigenvalue weighted by molar-refractivity contribution is 0.143. The molecule has 1 fully saturated rings. The second kappa shape index (κ2) is 7.72. The number of fused-ring (bicyclic) bond motifs is 1. The highest BCUT2D eigenvalue weighted by atomic mass is 16.5. The molecule has 3 rings (SSSR count). The summed E-state index contributed by atoms with van der Waals surface area (Å²) < 4.78 is 6.11. The van der Waals surface area contributed by atoms with Crippen LogP contribution >= 0.6 is 0 Å². The van der Waals surface area contributed by atoms with Gasteiger partial charge in [0.05, 0.1) is 0 Å². The lowest BCUT2D eigenvalue weighted by atomic mass is 9.89. The van der Waals surface area contributed by atoms with Crippen molar-refractivity contribution >= 4 is 10.9 Å². The van der Waals surface area contributed by atoms with Crippen LogP contribution in [-0.4, -0.2) is 35.6 Å². The molecule has 1 N–H and O–H groups in total. The molecule has 0 aliphatic carbocycles. The Bertz CT molecular complexity index is 702. The van der Waals surface area contributed by atoms with Crippen LogP contribution in [-0.2, 0) is 0 Å². The third-order valence-electron chi connectivity index (χ3n) is 5.25. The molecule has 1 saturated heterocycles. The summed E-state index contributed by atoms with van der Waals surface area (Å²) in [6.07, 6.45) is 7.22. The quantitative estimate of drug-likeness (QED) is 0.824. The van der Waals surface area contributed by atoms with Crippen LogP contribution in [0.2, 0.25) is 0 Å². The van der Waals surface area contributed by atoms with Gasteiger partial charge in [-0.25, -0.2) is 0 Å². The van der Waals surface area contributed by atoms with E-state index in [2.05, 4.69) is 29.9 Å². The van der Waals surface area contributed by atoms with E-state index >= 15 is 0 Å². The van der Waals surface area contributed by atoms with Crippen LogP contribution in [0.15, 0.2) is 30.5 Å². The van der Waals surface area contributed by atoms with Crippen molar-refractivity contribution in [3.05, 3.63) is 30.5 Å². The first-order valence-corrected chi connectivity index (χ1v) is 9.05. The Hall–Kier alpha value is -1.99. The van der Waals surface area contributed by atoms with Gasteiger partial charge in [-0.3, -0.25) is 0 Å². The van der Waals surface area contributed by atoms with E-state index < -0.39 is 0 Å². The summed E-state index contributed by atoms with van der Waals surface area (Å²) in [4.78, 5) is 5.62. The molecule has 128 valence electrons. The third-order valence-corrected chi connectivity index (χ3v) is 5.25. The summed E-state index contributed by atoms with van der Waals surface area (Å²) >= 11 is 0. The molecule has 24 heavy (non-hydrogen) atoms. The van der Waals surface area contributed by atoms with Crippen molar-refractivity contribution in [1.29, 1.82) is 5.26 Å². The molecule has 3 unspecified atom stereocenters. The number of ether oxygens (including phenoxy) is 1. The van der Waals surface area contributed by atoms with Crippen molar-refractivity contribution in [3.63, 3.8) is 0 Å². The minimum absolute atomic E-state index is 0.285. The lowest BCUT2D eigenvalue weighted by Gasteiger charge is -2.28. The summed E-state index contributed by atoms with van der Waals surface area (Å²) in [6.45, 7) is 3.36. The van der Waals surface area contributed by atoms with E-state index in [0.29, 0.717) is 6.04 Å². The van der Waals surface area contributed by atoms with Crippen molar-refractivity contribution in [2.24, 2.45) is 5.92 Å². The maximum atomic E-state index is 9.70. The highest BCUT2D eigenvalue weighted by molar-refractivity contribution is 5.80. The number of nitrogens with zero attached hydrogens (tertiary/aromatic N) is 2. The van der Waals surface area contributed by atoms with E-state index in [4.69, 9.17) is 4.74 Å². The van der Waals surface area contributed by atoms with E-state index in [1.54, 1.807) is 0 Å². The van der Waals surface area contributed by atoms with Crippen LogP contribution < -0.4 is 4.74 Å². The Morgan fingerprint density at radius 3 is 3.00 bits per heavy atom. The summed E-state index contributed by atoms with van der Waals surface area (Å²) in [5.41, 5.74) is 1.09. The Labute approximate surface area is 144 Å². The number of likely N-dealkylation sites (tertiary alicyclic amines) is 1. The number of rotatable bonds is 7. The molecule has 0 bridgehead atoms. The molecule has 2 aromatic rings. The second-order valence-corrected chi connectivity index (χ2v) is 6.96. The fourth-order valence-electron chi connectivity index (χ4n) is 3.87. The molecule has 4 heteroatoms. The Morgan fingerprint density at radius 2 is 2.29 bits per heavy atom. The molecule has 1 aromatic carbocycles. The van der Waals surface area contributed by atoms with E-state index in [9.17, 15) is 5.26 Å². The topological polar surface area (TPSA) is 52.1 Å². The Balaban J connectivity index is 1.72. The normalized spacial score (nSPS) is 20.8. The number of nitriles is 1. The van der Waals surface area contributed by atoms with Crippen LogP contribution in [0.5, 0.6) is 5.75 Å². The minimum Gasteiger partial charge on any atom is -0.475 e. The molecule has 4 nitrogen and oxygen atoms in total. The summed E-state index contributed by atoms with van der Waals surface area (Å²) in [6, 6.07) is 11.0. The maximum absolute atomic E-state index is 9.70. The van der Waals surface area contributed by atoms with E-state index in [1.807, 2.05) is 30.5 Å². The highest BCUT2D eigenvalue weighted by Gasteiger charge is 2.29. The maximum Gasteiger partial charge on any atom is 0.187 e. The molecule has 1 aliphatic rings. The van der Waals surface area contributed by atoms with Crippen molar-refractivity contribution in [2.75, 3.05) is 13.6 Å². The van der Waals surface area contributed by atoms with Crippen molar-refractivity contribution < 1.29 is 4.74 Å². The number of benzene rings is 1. The average Bonchev–Trinajstić information content (AvgIpc) is 3.21. The molecule has 3 atom stereocenters. The number of hydrogen-bond donors (Lipinski definition) is 1. The molecule has 1 aromatic heterocycles. The van der Waals surface area contributed by atoms with Crippen LogP contribution in [0.3, 0.4) is 0 Å². The first kappa shape index (κ1) is 16.9. The summed E-state index contributed by atoms with van der Waals surface area (Å²) in [7, 11) is 2.20. The van der Waals surface area contributed by atoms with Gasteiger partial charge in [-0.1, -0.05) is 13.3 Å². The number of nitrogens with one attached hydrogen (secondary N) is 1. The first-order valence-electron chi connectivity index (χ1n) is 9.05. The molecule has 1 aliphatic heterocycles. The van der Waals surface area contributed by atoms with Gasteiger partial charge in [0.2, 0.25) is 0 Å². The highest BCUT2D eigenvalue weighted by Crippen LogP contribution is 2.29. The first-order chi connectivity index (χ1) is 11.7. The monoisotopic (exact) mass is 325 g/mol. The number of aromatic amines is 1. The molecule has 0 saturated carbocycles. The second-order valence-electron chi connectivity index (χ2n) is 6.96. The van der Waals surface area contributed by atoms with Crippen LogP contribution in [0.4, 0.5) is 0 Å². The average molecular weight is 325 g/mol. The van der Waals surface area contributed by atoms with Gasteiger partial charge in [0.25, 0.3) is 0 Å². The lowest BCUT2D eigenvalue weighted by Crippen LogP contribution is -2.33. The van der Waals surface area contributed by atoms with Crippen LogP contribution in [0.25, 0.3) is 10.9 Å². The molecule has 0 radical (unpaired) electrons. The van der Waals surface area contributed by atoms with E-state index in [-0.39, 0.29) is 12.0 Å². The predicted octanol–water partition coefficient (Wildman–Crippen LogP) is 4.34. The smallest absolute Gasteiger partial charge is 0.187 e. The zero-order valence-corrected chi connectivity index (χ0v) is 14.7.